The van der Waals surface area contributed by atoms with E-state index in [4.69, 9.17) is 0 Å². The number of aliphatic hydroxyl groups is 1. The first kappa shape index (κ1) is 19.5. The molecule has 1 atom stereocenters. The van der Waals surface area contributed by atoms with Crippen molar-refractivity contribution in [3.05, 3.63) is 64.4 Å². The number of aliphatic hydroxyl groups excluding tert-OH is 1. The predicted molar refractivity (Wildman–Crippen MR) is 104 cm³/mol. The van der Waals surface area contributed by atoms with Crippen LogP contribution in [-0.4, -0.2) is 33.1 Å². The second-order valence-corrected chi connectivity index (χ2v) is 8.53. The number of hydrogen-bond donors (Lipinski definition) is 2. The molecule has 0 aliphatic carbocycles. The van der Waals surface area contributed by atoms with Gasteiger partial charge in [-0.3, -0.25) is 0 Å². The maximum atomic E-state index is 12.5. The highest BCUT2D eigenvalue weighted by atomic mass is 32.2. The van der Waals surface area contributed by atoms with Gasteiger partial charge < -0.3 is 9.84 Å². The molecular weight excluding hydrogens is 386 g/mol. The molecule has 0 spiro atoms. The van der Waals surface area contributed by atoms with E-state index in [0.29, 0.717) is 0 Å². The van der Waals surface area contributed by atoms with Crippen LogP contribution in [0.2, 0.25) is 0 Å². The molecule has 1 heterocycles. The largest absolute Gasteiger partial charge is 0.465 e. The number of rotatable bonds is 7. The number of carbonyl (C=O) groups is 1. The Morgan fingerprint density at radius 1 is 1.19 bits per heavy atom. The van der Waals surface area contributed by atoms with E-state index < -0.39 is 22.1 Å². The number of hydrogen-bond acceptors (Lipinski definition) is 6. The van der Waals surface area contributed by atoms with Gasteiger partial charge in [-0.25, -0.2) is 17.9 Å². The molecular formula is C19H19NO5S2. The fraction of sp³-hybridized carbons (Fsp3) is 0.211. The molecule has 2 N–H and O–H groups in total. The third-order valence-corrected chi connectivity index (χ3v) is 6.71. The van der Waals surface area contributed by atoms with Crippen molar-refractivity contribution in [3.8, 4) is 0 Å². The van der Waals surface area contributed by atoms with Crippen LogP contribution < -0.4 is 4.72 Å². The van der Waals surface area contributed by atoms with Crippen molar-refractivity contribution in [2.24, 2.45) is 0 Å². The SMILES string of the molecule is COC(=O)c1sccc1S(=O)(=O)NCCC(O)c1cccc2ccccc12. The van der Waals surface area contributed by atoms with Gasteiger partial charge in [0, 0.05) is 6.54 Å². The quantitative estimate of drug-likeness (QED) is 0.589. The van der Waals surface area contributed by atoms with E-state index in [2.05, 4.69) is 9.46 Å². The number of sulfonamides is 1. The molecule has 3 rings (SSSR count). The van der Waals surface area contributed by atoms with E-state index in [9.17, 15) is 18.3 Å². The molecule has 27 heavy (non-hydrogen) atoms. The number of nitrogens with one attached hydrogen (secondary N) is 1. The Balaban J connectivity index is 1.70. The van der Waals surface area contributed by atoms with Crippen LogP contribution in [0.3, 0.4) is 0 Å². The number of benzene rings is 2. The van der Waals surface area contributed by atoms with Crippen molar-refractivity contribution in [2.75, 3.05) is 13.7 Å². The van der Waals surface area contributed by atoms with Crippen molar-refractivity contribution in [2.45, 2.75) is 17.4 Å². The van der Waals surface area contributed by atoms with Crippen molar-refractivity contribution in [1.82, 2.24) is 4.72 Å². The molecule has 1 aromatic heterocycles. The van der Waals surface area contributed by atoms with Crippen LogP contribution in [0.25, 0.3) is 10.8 Å². The molecule has 0 saturated carbocycles. The molecule has 0 aliphatic rings. The number of fused-ring (bicyclic) bond motifs is 1. The summed E-state index contributed by atoms with van der Waals surface area (Å²) in [5.41, 5.74) is 0.748. The number of ether oxygens (including phenoxy) is 1. The van der Waals surface area contributed by atoms with Crippen molar-refractivity contribution < 1.29 is 23.1 Å². The van der Waals surface area contributed by atoms with Gasteiger partial charge in [-0.2, -0.15) is 0 Å². The Labute approximate surface area is 161 Å². The van der Waals surface area contributed by atoms with Gasteiger partial charge in [0.15, 0.2) is 0 Å². The summed E-state index contributed by atoms with van der Waals surface area (Å²) in [5, 5.41) is 14.0. The Bertz CT molecular complexity index is 1050. The minimum absolute atomic E-state index is 0.0274. The topological polar surface area (TPSA) is 92.7 Å². The van der Waals surface area contributed by atoms with E-state index >= 15 is 0 Å². The van der Waals surface area contributed by atoms with Gasteiger partial charge in [-0.15, -0.1) is 11.3 Å². The molecule has 0 saturated heterocycles. The zero-order chi connectivity index (χ0) is 19.4. The van der Waals surface area contributed by atoms with Gasteiger partial charge in [-0.1, -0.05) is 42.5 Å². The molecule has 6 nitrogen and oxygen atoms in total. The molecule has 0 amide bonds. The van der Waals surface area contributed by atoms with Crippen LogP contribution >= 0.6 is 11.3 Å². The normalized spacial score (nSPS) is 12.8. The Morgan fingerprint density at radius 3 is 2.70 bits per heavy atom. The fourth-order valence-corrected chi connectivity index (χ4v) is 5.24. The molecule has 8 heteroatoms. The van der Waals surface area contributed by atoms with Crippen molar-refractivity contribution in [1.29, 1.82) is 0 Å². The van der Waals surface area contributed by atoms with Crippen LogP contribution in [0.5, 0.6) is 0 Å². The van der Waals surface area contributed by atoms with Crippen LogP contribution in [0, 0.1) is 0 Å². The maximum absolute atomic E-state index is 12.5. The van der Waals surface area contributed by atoms with Gasteiger partial charge in [0.25, 0.3) is 0 Å². The van der Waals surface area contributed by atoms with Gasteiger partial charge in [0.1, 0.15) is 9.77 Å². The molecule has 0 radical (unpaired) electrons. The summed E-state index contributed by atoms with van der Waals surface area (Å²) in [6.07, 6.45) is -0.619. The summed E-state index contributed by atoms with van der Waals surface area (Å²) in [4.78, 5) is 11.6. The highest BCUT2D eigenvalue weighted by Gasteiger charge is 2.24. The lowest BCUT2D eigenvalue weighted by Crippen LogP contribution is -2.27. The molecule has 1 unspecified atom stereocenters. The van der Waals surface area contributed by atoms with Gasteiger partial charge >= 0.3 is 5.97 Å². The van der Waals surface area contributed by atoms with Crippen LogP contribution in [-0.2, 0) is 14.8 Å². The number of esters is 1. The standard InChI is InChI=1S/C19H19NO5S2/c1-25-19(22)18-17(10-12-26-18)27(23,24)20-11-9-16(21)15-8-4-6-13-5-2-3-7-14(13)15/h2-8,10,12,16,20-21H,9,11H2,1H3. The maximum Gasteiger partial charge on any atom is 0.349 e. The van der Waals surface area contributed by atoms with Crippen LogP contribution in [0.15, 0.2) is 58.8 Å². The summed E-state index contributed by atoms with van der Waals surface area (Å²) in [6, 6.07) is 14.7. The van der Waals surface area contributed by atoms with E-state index in [0.717, 1.165) is 27.7 Å². The summed E-state index contributed by atoms with van der Waals surface area (Å²) in [5.74, 6) is -0.693. The number of methoxy groups -OCH3 is 1. The lowest BCUT2D eigenvalue weighted by molar-refractivity contribution is 0.0602. The van der Waals surface area contributed by atoms with Crippen molar-refractivity contribution >= 4 is 38.1 Å². The molecule has 0 aliphatic heterocycles. The first-order chi connectivity index (χ1) is 12.9. The van der Waals surface area contributed by atoms with Crippen LogP contribution in [0.1, 0.15) is 27.8 Å². The molecule has 0 fully saturated rings. The van der Waals surface area contributed by atoms with Gasteiger partial charge in [0.05, 0.1) is 13.2 Å². The van der Waals surface area contributed by atoms with Crippen molar-refractivity contribution in [3.63, 3.8) is 0 Å². The lowest BCUT2D eigenvalue weighted by atomic mass is 9.99. The van der Waals surface area contributed by atoms with E-state index in [1.165, 1.54) is 18.6 Å². The zero-order valence-electron chi connectivity index (χ0n) is 14.6. The second kappa shape index (κ2) is 8.18. The summed E-state index contributed by atoms with van der Waals surface area (Å²) >= 11 is 1.00. The minimum atomic E-state index is -3.87. The average Bonchev–Trinajstić information content (AvgIpc) is 3.17. The predicted octanol–water partition coefficient (Wildman–Crippen LogP) is 3.09. The average molecular weight is 405 g/mol. The summed E-state index contributed by atoms with van der Waals surface area (Å²) in [7, 11) is -2.67. The molecule has 3 aromatic rings. The third-order valence-electron chi connectivity index (χ3n) is 4.18. The Morgan fingerprint density at radius 2 is 1.93 bits per heavy atom. The smallest absolute Gasteiger partial charge is 0.349 e. The van der Waals surface area contributed by atoms with Crippen LogP contribution in [0.4, 0.5) is 0 Å². The lowest BCUT2D eigenvalue weighted by Gasteiger charge is -2.14. The van der Waals surface area contributed by atoms with E-state index in [1.54, 1.807) is 0 Å². The highest BCUT2D eigenvalue weighted by molar-refractivity contribution is 7.89. The third kappa shape index (κ3) is 4.19. The Hall–Kier alpha value is -2.26. The summed E-state index contributed by atoms with van der Waals surface area (Å²) in [6.45, 7) is 0.0309. The van der Waals surface area contributed by atoms with E-state index in [-0.39, 0.29) is 22.7 Å². The number of carbonyl (C=O) groups excluding carboxylic acids is 1. The first-order valence-electron chi connectivity index (χ1n) is 8.25. The highest BCUT2D eigenvalue weighted by Crippen LogP contribution is 2.26. The first-order valence-corrected chi connectivity index (χ1v) is 10.6. The zero-order valence-corrected chi connectivity index (χ0v) is 16.2. The molecule has 2 aromatic carbocycles. The summed E-state index contributed by atoms with van der Waals surface area (Å²) < 4.78 is 32.0. The number of thiophene rings is 1. The fourth-order valence-electron chi connectivity index (χ4n) is 2.85. The van der Waals surface area contributed by atoms with Gasteiger partial charge in [0.2, 0.25) is 10.0 Å². The molecule has 0 bridgehead atoms. The van der Waals surface area contributed by atoms with E-state index in [1.807, 2.05) is 42.5 Å². The Kier molecular flexibility index (Phi) is 5.91. The molecule has 142 valence electrons. The monoisotopic (exact) mass is 405 g/mol. The second-order valence-electron chi connectivity index (χ2n) is 5.88. The minimum Gasteiger partial charge on any atom is -0.465 e. The van der Waals surface area contributed by atoms with Gasteiger partial charge in [-0.05, 0) is 34.2 Å².